The first-order valence-corrected chi connectivity index (χ1v) is 9.72. The highest BCUT2D eigenvalue weighted by Crippen LogP contribution is 2.23. The van der Waals surface area contributed by atoms with Crippen molar-refractivity contribution in [2.24, 2.45) is 0 Å². The number of hydrogen-bond acceptors (Lipinski definition) is 4. The minimum absolute atomic E-state index is 0.127. The SMILES string of the molecule is COc1ccc(C(C)NC(=O)c2ccc(C)c(NS(C)(=O)=O)c2)cc1F. The molecular weight excluding hydrogens is 359 g/mol. The maximum absolute atomic E-state index is 13.8. The van der Waals surface area contributed by atoms with Crippen LogP contribution in [0.1, 0.15) is 34.5 Å². The van der Waals surface area contributed by atoms with E-state index in [0.717, 1.165) is 6.26 Å². The molecular formula is C18H21FN2O4S. The molecule has 0 aliphatic carbocycles. The fourth-order valence-electron chi connectivity index (χ4n) is 2.39. The molecule has 6 nitrogen and oxygen atoms in total. The van der Waals surface area contributed by atoms with Gasteiger partial charge in [0.25, 0.3) is 5.91 Å². The summed E-state index contributed by atoms with van der Waals surface area (Å²) < 4.78 is 43.9. The largest absolute Gasteiger partial charge is 0.494 e. The maximum atomic E-state index is 13.8. The van der Waals surface area contributed by atoms with Crippen LogP contribution in [0.15, 0.2) is 36.4 Å². The van der Waals surface area contributed by atoms with Gasteiger partial charge in [-0.2, -0.15) is 0 Å². The van der Waals surface area contributed by atoms with E-state index < -0.39 is 27.8 Å². The summed E-state index contributed by atoms with van der Waals surface area (Å²) in [6.45, 7) is 3.46. The molecule has 0 saturated carbocycles. The van der Waals surface area contributed by atoms with E-state index in [1.807, 2.05) is 0 Å². The van der Waals surface area contributed by atoms with Crippen molar-refractivity contribution in [3.8, 4) is 5.75 Å². The average molecular weight is 380 g/mol. The summed E-state index contributed by atoms with van der Waals surface area (Å²) in [7, 11) is -2.08. The van der Waals surface area contributed by atoms with Crippen LogP contribution < -0.4 is 14.8 Å². The fraction of sp³-hybridized carbons (Fsp3) is 0.278. The standard InChI is InChI=1S/C18H21FN2O4S/c1-11-5-6-14(10-16(11)21-26(4,23)24)18(22)20-12(2)13-7-8-17(25-3)15(19)9-13/h5-10,12,21H,1-4H3,(H,20,22). The van der Waals surface area contributed by atoms with Gasteiger partial charge < -0.3 is 10.1 Å². The zero-order chi connectivity index (χ0) is 19.5. The van der Waals surface area contributed by atoms with Gasteiger partial charge in [-0.15, -0.1) is 0 Å². The van der Waals surface area contributed by atoms with E-state index in [0.29, 0.717) is 22.4 Å². The number of amides is 1. The first kappa shape index (κ1) is 19.7. The van der Waals surface area contributed by atoms with Crippen molar-refractivity contribution in [3.63, 3.8) is 0 Å². The molecule has 0 aliphatic rings. The van der Waals surface area contributed by atoms with E-state index in [-0.39, 0.29) is 5.75 Å². The van der Waals surface area contributed by atoms with Crippen LogP contribution in [0.25, 0.3) is 0 Å². The Morgan fingerprint density at radius 3 is 2.46 bits per heavy atom. The highest BCUT2D eigenvalue weighted by atomic mass is 32.2. The summed E-state index contributed by atoms with van der Waals surface area (Å²) in [5.41, 5.74) is 1.90. The molecule has 0 fully saturated rings. The highest BCUT2D eigenvalue weighted by Gasteiger charge is 2.15. The molecule has 2 aromatic rings. The Bertz CT molecular complexity index is 929. The lowest BCUT2D eigenvalue weighted by Gasteiger charge is -2.16. The quantitative estimate of drug-likeness (QED) is 0.807. The Hall–Kier alpha value is -2.61. The molecule has 2 rings (SSSR count). The van der Waals surface area contributed by atoms with Crippen LogP contribution in [-0.4, -0.2) is 27.7 Å². The first-order chi connectivity index (χ1) is 12.1. The van der Waals surface area contributed by atoms with Crippen molar-refractivity contribution in [1.82, 2.24) is 5.32 Å². The Morgan fingerprint density at radius 1 is 1.19 bits per heavy atom. The number of ether oxygens (including phenoxy) is 1. The normalized spacial score (nSPS) is 12.3. The van der Waals surface area contributed by atoms with Crippen molar-refractivity contribution in [1.29, 1.82) is 0 Å². The molecule has 0 aliphatic heterocycles. The van der Waals surface area contributed by atoms with Gasteiger partial charge in [0.15, 0.2) is 11.6 Å². The number of hydrogen-bond donors (Lipinski definition) is 2. The summed E-state index contributed by atoms with van der Waals surface area (Å²) in [6.07, 6.45) is 1.04. The third-order valence-corrected chi connectivity index (χ3v) is 4.41. The lowest BCUT2D eigenvalue weighted by Crippen LogP contribution is -2.27. The average Bonchev–Trinajstić information content (AvgIpc) is 2.55. The number of anilines is 1. The van der Waals surface area contributed by atoms with Gasteiger partial charge in [0.05, 0.1) is 25.1 Å². The van der Waals surface area contributed by atoms with Crippen molar-refractivity contribution in [2.45, 2.75) is 19.9 Å². The monoisotopic (exact) mass is 380 g/mol. The second kappa shape index (κ2) is 7.74. The van der Waals surface area contributed by atoms with Gasteiger partial charge in [0.1, 0.15) is 0 Å². The Balaban J connectivity index is 2.19. The number of halogens is 1. The molecule has 0 spiro atoms. The number of aryl methyl sites for hydroxylation is 1. The molecule has 0 saturated heterocycles. The molecule has 0 heterocycles. The van der Waals surface area contributed by atoms with Crippen molar-refractivity contribution in [3.05, 3.63) is 58.9 Å². The number of carbonyl (C=O) groups excluding carboxylic acids is 1. The molecule has 2 N–H and O–H groups in total. The molecule has 0 radical (unpaired) electrons. The van der Waals surface area contributed by atoms with Crippen LogP contribution in [0.3, 0.4) is 0 Å². The van der Waals surface area contributed by atoms with Crippen LogP contribution in [0.2, 0.25) is 0 Å². The van der Waals surface area contributed by atoms with Crippen molar-refractivity contribution < 1.29 is 22.3 Å². The predicted molar refractivity (Wildman–Crippen MR) is 98.5 cm³/mol. The van der Waals surface area contributed by atoms with E-state index in [1.54, 1.807) is 32.0 Å². The van der Waals surface area contributed by atoms with E-state index in [4.69, 9.17) is 4.74 Å². The number of rotatable bonds is 6. The summed E-state index contributed by atoms with van der Waals surface area (Å²) in [6, 6.07) is 8.73. The Morgan fingerprint density at radius 2 is 1.88 bits per heavy atom. The summed E-state index contributed by atoms with van der Waals surface area (Å²) in [5.74, 6) is -0.784. The third-order valence-electron chi connectivity index (χ3n) is 3.82. The summed E-state index contributed by atoms with van der Waals surface area (Å²) >= 11 is 0. The summed E-state index contributed by atoms with van der Waals surface area (Å²) in [4.78, 5) is 12.5. The van der Waals surface area contributed by atoms with Crippen LogP contribution in [0.4, 0.5) is 10.1 Å². The van der Waals surface area contributed by atoms with Gasteiger partial charge in [0.2, 0.25) is 10.0 Å². The number of nitrogens with one attached hydrogen (secondary N) is 2. The Kier molecular flexibility index (Phi) is 5.86. The molecule has 26 heavy (non-hydrogen) atoms. The minimum Gasteiger partial charge on any atom is -0.494 e. The van der Waals surface area contributed by atoms with Crippen molar-refractivity contribution in [2.75, 3.05) is 18.1 Å². The zero-order valence-corrected chi connectivity index (χ0v) is 15.8. The summed E-state index contributed by atoms with van der Waals surface area (Å²) in [5, 5.41) is 2.76. The smallest absolute Gasteiger partial charge is 0.251 e. The molecule has 8 heteroatoms. The molecule has 1 amide bonds. The maximum Gasteiger partial charge on any atom is 0.251 e. The molecule has 0 aromatic heterocycles. The van der Waals surface area contributed by atoms with E-state index in [9.17, 15) is 17.6 Å². The van der Waals surface area contributed by atoms with Crippen LogP contribution >= 0.6 is 0 Å². The minimum atomic E-state index is -3.45. The molecule has 2 aromatic carbocycles. The number of sulfonamides is 1. The fourth-order valence-corrected chi connectivity index (χ4v) is 3.01. The second-order valence-corrected chi connectivity index (χ2v) is 7.74. The lowest BCUT2D eigenvalue weighted by molar-refractivity contribution is 0.0940. The lowest BCUT2D eigenvalue weighted by atomic mass is 10.1. The van der Waals surface area contributed by atoms with E-state index in [1.165, 1.54) is 25.3 Å². The van der Waals surface area contributed by atoms with Gasteiger partial charge in [-0.3, -0.25) is 9.52 Å². The van der Waals surface area contributed by atoms with E-state index in [2.05, 4.69) is 10.0 Å². The number of methoxy groups -OCH3 is 1. The van der Waals surface area contributed by atoms with Gasteiger partial charge >= 0.3 is 0 Å². The topological polar surface area (TPSA) is 84.5 Å². The van der Waals surface area contributed by atoms with E-state index >= 15 is 0 Å². The molecule has 140 valence electrons. The van der Waals surface area contributed by atoms with Crippen LogP contribution in [-0.2, 0) is 10.0 Å². The zero-order valence-electron chi connectivity index (χ0n) is 15.0. The van der Waals surface area contributed by atoms with Gasteiger partial charge in [-0.1, -0.05) is 12.1 Å². The predicted octanol–water partition coefficient (Wildman–Crippen LogP) is 3.01. The second-order valence-electron chi connectivity index (χ2n) is 5.99. The van der Waals surface area contributed by atoms with Gasteiger partial charge in [0, 0.05) is 5.56 Å². The van der Waals surface area contributed by atoms with Crippen LogP contribution in [0, 0.1) is 12.7 Å². The highest BCUT2D eigenvalue weighted by molar-refractivity contribution is 7.92. The van der Waals surface area contributed by atoms with Gasteiger partial charge in [-0.05, 0) is 49.2 Å². The van der Waals surface area contributed by atoms with Crippen LogP contribution in [0.5, 0.6) is 5.75 Å². The first-order valence-electron chi connectivity index (χ1n) is 7.83. The molecule has 1 unspecified atom stereocenters. The number of carbonyl (C=O) groups is 1. The molecule has 0 bridgehead atoms. The van der Waals surface area contributed by atoms with Crippen molar-refractivity contribution >= 4 is 21.6 Å². The number of benzene rings is 2. The third kappa shape index (κ3) is 4.95. The Labute approximate surface area is 152 Å². The molecule has 1 atom stereocenters. The van der Waals surface area contributed by atoms with Gasteiger partial charge in [-0.25, -0.2) is 12.8 Å².